The zero-order valence-electron chi connectivity index (χ0n) is 13.0. The van der Waals surface area contributed by atoms with E-state index in [-0.39, 0.29) is 25.0 Å². The Hall–Kier alpha value is -1.50. The molecule has 0 aromatic heterocycles. The number of aliphatic carboxylic acids is 1. The number of carbonyl (C=O) groups is 2. The van der Waals surface area contributed by atoms with Gasteiger partial charge in [-0.15, -0.1) is 0 Å². The van der Waals surface area contributed by atoms with Crippen LogP contribution in [0.2, 0.25) is 10.0 Å². The number of hydrogen-bond acceptors (Lipinski definition) is 4. The summed E-state index contributed by atoms with van der Waals surface area (Å²) in [4.78, 5) is 23.3. The highest BCUT2D eigenvalue weighted by molar-refractivity contribution is 6.42. The van der Waals surface area contributed by atoms with Crippen LogP contribution in [0.5, 0.6) is 5.75 Å². The molecule has 1 fully saturated rings. The fraction of sp³-hybridized carbons (Fsp3) is 0.500. The molecule has 1 atom stereocenters. The van der Waals surface area contributed by atoms with E-state index in [1.54, 1.807) is 12.1 Å². The van der Waals surface area contributed by atoms with Gasteiger partial charge < -0.3 is 19.9 Å². The number of carboxylic acids is 1. The van der Waals surface area contributed by atoms with E-state index in [4.69, 9.17) is 32.7 Å². The lowest BCUT2D eigenvalue weighted by Crippen LogP contribution is -2.40. The van der Waals surface area contributed by atoms with Gasteiger partial charge in [0.05, 0.1) is 16.0 Å². The molecule has 0 bridgehead atoms. The SMILES string of the molecule is O=C(COc1ccc(Cl)c(Cl)c1)NCC(C(=O)O)C1CCOCC1. The zero-order valence-corrected chi connectivity index (χ0v) is 14.5. The minimum atomic E-state index is -0.910. The molecule has 1 aliphatic heterocycles. The second-order valence-electron chi connectivity index (χ2n) is 5.56. The summed E-state index contributed by atoms with van der Waals surface area (Å²) in [6.45, 7) is 0.966. The van der Waals surface area contributed by atoms with Crippen LogP contribution < -0.4 is 10.1 Å². The molecule has 1 saturated heterocycles. The van der Waals surface area contributed by atoms with Crippen molar-refractivity contribution in [3.05, 3.63) is 28.2 Å². The smallest absolute Gasteiger partial charge is 0.308 e. The third-order valence-corrected chi connectivity index (χ3v) is 4.67. The Morgan fingerprint density at radius 3 is 2.62 bits per heavy atom. The second kappa shape index (κ2) is 9.11. The predicted octanol–water partition coefficient (Wildman–Crippen LogP) is 2.62. The van der Waals surface area contributed by atoms with Gasteiger partial charge in [0, 0.05) is 25.8 Å². The van der Waals surface area contributed by atoms with Gasteiger partial charge in [-0.3, -0.25) is 9.59 Å². The van der Waals surface area contributed by atoms with E-state index in [9.17, 15) is 14.7 Å². The molecule has 0 aliphatic carbocycles. The first kappa shape index (κ1) is 18.8. The van der Waals surface area contributed by atoms with Crippen molar-refractivity contribution in [2.45, 2.75) is 12.8 Å². The van der Waals surface area contributed by atoms with Crippen molar-refractivity contribution < 1.29 is 24.2 Å². The van der Waals surface area contributed by atoms with Crippen LogP contribution in [0.1, 0.15) is 12.8 Å². The number of halogens is 2. The van der Waals surface area contributed by atoms with Crippen molar-refractivity contribution in [3.8, 4) is 5.75 Å². The summed E-state index contributed by atoms with van der Waals surface area (Å²) in [5, 5.41) is 12.7. The van der Waals surface area contributed by atoms with Crippen LogP contribution >= 0.6 is 23.2 Å². The van der Waals surface area contributed by atoms with Gasteiger partial charge in [0.2, 0.25) is 0 Å². The highest BCUT2D eigenvalue weighted by Crippen LogP contribution is 2.26. The third-order valence-electron chi connectivity index (χ3n) is 3.93. The maximum Gasteiger partial charge on any atom is 0.308 e. The summed E-state index contributed by atoms with van der Waals surface area (Å²) in [5.74, 6) is -1.50. The van der Waals surface area contributed by atoms with Crippen molar-refractivity contribution in [2.75, 3.05) is 26.4 Å². The topological polar surface area (TPSA) is 84.9 Å². The lowest BCUT2D eigenvalue weighted by molar-refractivity contribution is -0.145. The van der Waals surface area contributed by atoms with Crippen LogP contribution in [0, 0.1) is 11.8 Å². The molecule has 1 heterocycles. The first-order valence-electron chi connectivity index (χ1n) is 7.62. The summed E-state index contributed by atoms with van der Waals surface area (Å²) >= 11 is 11.7. The molecule has 2 rings (SSSR count). The lowest BCUT2D eigenvalue weighted by atomic mass is 9.86. The van der Waals surface area contributed by atoms with Crippen LogP contribution in [0.15, 0.2) is 18.2 Å². The minimum Gasteiger partial charge on any atom is -0.484 e. The predicted molar refractivity (Wildman–Crippen MR) is 89.6 cm³/mol. The maximum atomic E-state index is 11.9. The molecular weight excluding hydrogens is 357 g/mol. The molecule has 24 heavy (non-hydrogen) atoms. The third kappa shape index (κ3) is 5.54. The number of hydrogen-bond donors (Lipinski definition) is 2. The average molecular weight is 376 g/mol. The van der Waals surface area contributed by atoms with Crippen molar-refractivity contribution in [2.24, 2.45) is 11.8 Å². The first-order chi connectivity index (χ1) is 11.5. The van der Waals surface area contributed by atoms with E-state index in [0.29, 0.717) is 41.9 Å². The van der Waals surface area contributed by atoms with Crippen molar-refractivity contribution in [1.29, 1.82) is 0 Å². The summed E-state index contributed by atoms with van der Waals surface area (Å²) in [7, 11) is 0. The Kier molecular flexibility index (Phi) is 7.15. The van der Waals surface area contributed by atoms with E-state index in [1.807, 2.05) is 0 Å². The molecule has 0 spiro atoms. The van der Waals surface area contributed by atoms with Gasteiger partial charge in [0.25, 0.3) is 5.91 Å². The highest BCUT2D eigenvalue weighted by atomic mass is 35.5. The number of benzene rings is 1. The fourth-order valence-electron chi connectivity index (χ4n) is 2.56. The fourth-order valence-corrected chi connectivity index (χ4v) is 2.85. The van der Waals surface area contributed by atoms with Gasteiger partial charge >= 0.3 is 5.97 Å². The normalized spacial score (nSPS) is 16.4. The molecule has 0 saturated carbocycles. The van der Waals surface area contributed by atoms with E-state index < -0.39 is 11.9 Å². The monoisotopic (exact) mass is 375 g/mol. The number of amides is 1. The lowest BCUT2D eigenvalue weighted by Gasteiger charge is -2.27. The second-order valence-corrected chi connectivity index (χ2v) is 6.38. The minimum absolute atomic E-state index is 0.00698. The van der Waals surface area contributed by atoms with Gasteiger partial charge in [-0.2, -0.15) is 0 Å². The van der Waals surface area contributed by atoms with Crippen LogP contribution in [0.4, 0.5) is 0 Å². The van der Waals surface area contributed by atoms with Gasteiger partial charge in [0.15, 0.2) is 6.61 Å². The van der Waals surface area contributed by atoms with Crippen LogP contribution in [-0.2, 0) is 14.3 Å². The van der Waals surface area contributed by atoms with Crippen LogP contribution in [0.3, 0.4) is 0 Å². The van der Waals surface area contributed by atoms with E-state index in [2.05, 4.69) is 5.32 Å². The zero-order chi connectivity index (χ0) is 17.5. The Balaban J connectivity index is 1.80. The summed E-state index contributed by atoms with van der Waals surface area (Å²) < 4.78 is 10.6. The molecule has 1 aliphatic rings. The van der Waals surface area contributed by atoms with Gasteiger partial charge in [0.1, 0.15) is 5.75 Å². The molecule has 2 N–H and O–H groups in total. The van der Waals surface area contributed by atoms with Crippen LogP contribution in [0.25, 0.3) is 0 Å². The van der Waals surface area contributed by atoms with E-state index in [1.165, 1.54) is 6.07 Å². The largest absolute Gasteiger partial charge is 0.484 e. The number of carboxylic acid groups (broad SMARTS) is 1. The Morgan fingerprint density at radius 1 is 1.29 bits per heavy atom. The molecular formula is C16H19Cl2NO5. The van der Waals surface area contributed by atoms with Crippen molar-refractivity contribution in [1.82, 2.24) is 5.32 Å². The molecule has 1 unspecified atom stereocenters. The Labute approximate surface area is 150 Å². The average Bonchev–Trinajstić information content (AvgIpc) is 2.57. The van der Waals surface area contributed by atoms with Crippen molar-refractivity contribution in [3.63, 3.8) is 0 Å². The molecule has 8 heteroatoms. The number of ether oxygens (including phenoxy) is 2. The molecule has 1 amide bonds. The van der Waals surface area contributed by atoms with Gasteiger partial charge in [-0.05, 0) is 30.9 Å². The standard InChI is InChI=1S/C16H19Cl2NO5/c17-13-2-1-11(7-14(13)18)24-9-15(20)19-8-12(16(21)22)10-3-5-23-6-4-10/h1-2,7,10,12H,3-6,8-9H2,(H,19,20)(H,21,22). The van der Waals surface area contributed by atoms with E-state index in [0.717, 1.165) is 0 Å². The first-order valence-corrected chi connectivity index (χ1v) is 8.38. The summed E-state index contributed by atoms with van der Waals surface area (Å²) in [6, 6.07) is 4.69. The van der Waals surface area contributed by atoms with Crippen molar-refractivity contribution >= 4 is 35.1 Å². The number of carbonyl (C=O) groups excluding carboxylic acids is 1. The quantitative estimate of drug-likeness (QED) is 0.764. The Morgan fingerprint density at radius 2 is 2.00 bits per heavy atom. The number of rotatable bonds is 7. The highest BCUT2D eigenvalue weighted by Gasteiger charge is 2.30. The maximum absolute atomic E-state index is 11.9. The molecule has 0 radical (unpaired) electrons. The summed E-state index contributed by atoms with van der Waals surface area (Å²) in [5.41, 5.74) is 0. The van der Waals surface area contributed by atoms with Gasteiger partial charge in [-0.1, -0.05) is 23.2 Å². The van der Waals surface area contributed by atoms with Crippen LogP contribution in [-0.4, -0.2) is 43.3 Å². The van der Waals surface area contributed by atoms with E-state index >= 15 is 0 Å². The molecule has 132 valence electrons. The molecule has 1 aromatic carbocycles. The molecule has 6 nitrogen and oxygen atoms in total. The Bertz CT molecular complexity index is 590. The van der Waals surface area contributed by atoms with Gasteiger partial charge in [-0.25, -0.2) is 0 Å². The molecule has 1 aromatic rings. The number of nitrogens with one attached hydrogen (secondary N) is 1. The summed E-state index contributed by atoms with van der Waals surface area (Å²) in [6.07, 6.45) is 1.37.